The van der Waals surface area contributed by atoms with Crippen molar-refractivity contribution in [1.82, 2.24) is 0 Å². The van der Waals surface area contributed by atoms with E-state index in [1.54, 1.807) is 0 Å². The summed E-state index contributed by atoms with van der Waals surface area (Å²) in [5, 5.41) is 8.73. The van der Waals surface area contributed by atoms with Crippen molar-refractivity contribution < 1.29 is 9.90 Å². The van der Waals surface area contributed by atoms with Crippen LogP contribution in [0.25, 0.3) is 0 Å². The van der Waals surface area contributed by atoms with Gasteiger partial charge in [-0.3, -0.25) is 4.79 Å². The Bertz CT molecular complexity index is 183. The molecule has 0 radical (unpaired) electrons. The molecule has 12 heavy (non-hydrogen) atoms. The first-order chi connectivity index (χ1) is 5.53. The van der Waals surface area contributed by atoms with Gasteiger partial charge in [0.15, 0.2) is 0 Å². The second kappa shape index (κ2) is 3.05. The predicted molar refractivity (Wildman–Crippen MR) is 46.7 cm³/mol. The van der Waals surface area contributed by atoms with E-state index in [2.05, 4.69) is 13.8 Å². The fourth-order valence-electron chi connectivity index (χ4n) is 2.43. The third-order valence-corrected chi connectivity index (χ3v) is 3.53. The molecule has 0 amide bonds. The standard InChI is InChI=1S/C9H17NO2/c1-6-3-7(2)9(6,5-10)4-8(11)12/h6-7H,3-5,10H2,1-2H3,(H,11,12)/t6-,7+,9+. The molecular weight excluding hydrogens is 154 g/mol. The number of hydrogen-bond acceptors (Lipinski definition) is 2. The van der Waals surface area contributed by atoms with E-state index in [1.165, 1.54) is 0 Å². The monoisotopic (exact) mass is 171 g/mol. The summed E-state index contributed by atoms with van der Waals surface area (Å²) < 4.78 is 0. The van der Waals surface area contributed by atoms with Crippen LogP contribution < -0.4 is 5.73 Å². The lowest BCUT2D eigenvalue weighted by molar-refractivity contribution is -0.146. The van der Waals surface area contributed by atoms with E-state index < -0.39 is 5.97 Å². The average Bonchev–Trinajstić information content (AvgIpc) is 2.00. The van der Waals surface area contributed by atoms with Gasteiger partial charge in [0.2, 0.25) is 0 Å². The van der Waals surface area contributed by atoms with Crippen molar-refractivity contribution in [3.63, 3.8) is 0 Å². The van der Waals surface area contributed by atoms with Gasteiger partial charge in [-0.1, -0.05) is 13.8 Å². The highest BCUT2D eigenvalue weighted by molar-refractivity contribution is 5.68. The summed E-state index contributed by atoms with van der Waals surface area (Å²) in [6.07, 6.45) is 1.34. The third kappa shape index (κ3) is 1.22. The summed E-state index contributed by atoms with van der Waals surface area (Å²) in [6.45, 7) is 4.69. The molecule has 0 saturated heterocycles. The molecule has 0 aromatic carbocycles. The van der Waals surface area contributed by atoms with Crippen LogP contribution in [-0.2, 0) is 4.79 Å². The molecule has 1 fully saturated rings. The van der Waals surface area contributed by atoms with Gasteiger partial charge in [-0.25, -0.2) is 0 Å². The number of carboxylic acids is 1. The summed E-state index contributed by atoms with van der Waals surface area (Å²) in [7, 11) is 0. The van der Waals surface area contributed by atoms with Gasteiger partial charge < -0.3 is 10.8 Å². The van der Waals surface area contributed by atoms with Gasteiger partial charge in [-0.15, -0.1) is 0 Å². The zero-order valence-electron chi connectivity index (χ0n) is 7.71. The molecule has 1 aliphatic carbocycles. The normalized spacial score (nSPS) is 40.6. The van der Waals surface area contributed by atoms with E-state index in [0.717, 1.165) is 6.42 Å². The zero-order chi connectivity index (χ0) is 9.35. The smallest absolute Gasteiger partial charge is 0.303 e. The van der Waals surface area contributed by atoms with E-state index in [0.29, 0.717) is 18.4 Å². The van der Waals surface area contributed by atoms with Crippen molar-refractivity contribution in [3.05, 3.63) is 0 Å². The van der Waals surface area contributed by atoms with Gasteiger partial charge in [0.1, 0.15) is 0 Å². The summed E-state index contributed by atoms with van der Waals surface area (Å²) in [4.78, 5) is 10.6. The number of nitrogens with two attached hydrogens (primary N) is 1. The SMILES string of the molecule is C[C@@H]1C[C@H](C)[C@]1(CN)CC(=O)O. The molecule has 0 bridgehead atoms. The maximum atomic E-state index is 10.6. The van der Waals surface area contributed by atoms with E-state index >= 15 is 0 Å². The van der Waals surface area contributed by atoms with E-state index in [4.69, 9.17) is 10.8 Å². The predicted octanol–water partition coefficient (Wildman–Crippen LogP) is 1.08. The molecule has 1 rings (SSSR count). The highest BCUT2D eigenvalue weighted by atomic mass is 16.4. The Balaban J connectivity index is 2.68. The highest BCUT2D eigenvalue weighted by Crippen LogP contribution is 2.52. The first-order valence-corrected chi connectivity index (χ1v) is 4.45. The Labute approximate surface area is 72.9 Å². The van der Waals surface area contributed by atoms with Gasteiger partial charge in [-0.05, 0) is 30.2 Å². The van der Waals surface area contributed by atoms with Gasteiger partial charge in [0, 0.05) is 0 Å². The number of hydrogen-bond donors (Lipinski definition) is 2. The van der Waals surface area contributed by atoms with E-state index in [1.807, 2.05) is 0 Å². The Morgan fingerprint density at radius 3 is 2.25 bits per heavy atom. The molecule has 0 heterocycles. The van der Waals surface area contributed by atoms with Crippen LogP contribution in [0.15, 0.2) is 0 Å². The minimum Gasteiger partial charge on any atom is -0.481 e. The molecule has 0 unspecified atom stereocenters. The van der Waals surface area contributed by atoms with Crippen molar-refractivity contribution in [3.8, 4) is 0 Å². The number of carboxylic acid groups (broad SMARTS) is 1. The Hall–Kier alpha value is -0.570. The van der Waals surface area contributed by atoms with E-state index in [9.17, 15) is 4.79 Å². The second-order valence-corrected chi connectivity index (χ2v) is 4.05. The maximum Gasteiger partial charge on any atom is 0.303 e. The molecule has 1 saturated carbocycles. The van der Waals surface area contributed by atoms with Gasteiger partial charge >= 0.3 is 5.97 Å². The molecule has 0 aromatic rings. The van der Waals surface area contributed by atoms with Crippen molar-refractivity contribution in [2.45, 2.75) is 26.7 Å². The fourth-order valence-corrected chi connectivity index (χ4v) is 2.43. The molecule has 1 aliphatic rings. The Morgan fingerprint density at radius 2 is 2.08 bits per heavy atom. The van der Waals surface area contributed by atoms with Crippen LogP contribution >= 0.6 is 0 Å². The highest BCUT2D eigenvalue weighted by Gasteiger charge is 2.50. The molecule has 3 nitrogen and oxygen atoms in total. The summed E-state index contributed by atoms with van der Waals surface area (Å²) in [5.41, 5.74) is 5.52. The first-order valence-electron chi connectivity index (χ1n) is 4.45. The van der Waals surface area contributed by atoms with Crippen LogP contribution in [0.2, 0.25) is 0 Å². The third-order valence-electron chi connectivity index (χ3n) is 3.53. The van der Waals surface area contributed by atoms with Gasteiger partial charge in [-0.2, -0.15) is 0 Å². The lowest BCUT2D eigenvalue weighted by atomic mass is 9.52. The largest absolute Gasteiger partial charge is 0.481 e. The number of carbonyl (C=O) groups is 1. The molecule has 70 valence electrons. The van der Waals surface area contributed by atoms with Gasteiger partial charge in [0.05, 0.1) is 6.42 Å². The molecule has 0 aliphatic heterocycles. The minimum absolute atomic E-state index is 0.119. The van der Waals surface area contributed by atoms with Crippen LogP contribution in [0.1, 0.15) is 26.7 Å². The van der Waals surface area contributed by atoms with Crippen molar-refractivity contribution in [2.75, 3.05) is 6.54 Å². The molecule has 3 N–H and O–H groups in total. The van der Waals surface area contributed by atoms with Crippen LogP contribution in [-0.4, -0.2) is 17.6 Å². The molecule has 0 aromatic heterocycles. The molecule has 3 atom stereocenters. The average molecular weight is 171 g/mol. The summed E-state index contributed by atoms with van der Waals surface area (Å²) >= 11 is 0. The van der Waals surface area contributed by atoms with Crippen LogP contribution in [0, 0.1) is 17.3 Å². The van der Waals surface area contributed by atoms with Crippen LogP contribution in [0.3, 0.4) is 0 Å². The lowest BCUT2D eigenvalue weighted by Crippen LogP contribution is -2.52. The summed E-state index contributed by atoms with van der Waals surface area (Å²) in [6, 6.07) is 0. The molecule has 3 heteroatoms. The van der Waals surface area contributed by atoms with Crippen molar-refractivity contribution in [2.24, 2.45) is 23.0 Å². The van der Waals surface area contributed by atoms with E-state index in [-0.39, 0.29) is 11.8 Å². The second-order valence-electron chi connectivity index (χ2n) is 4.05. The number of aliphatic carboxylic acids is 1. The Morgan fingerprint density at radius 1 is 1.58 bits per heavy atom. The minimum atomic E-state index is -0.723. The molecular formula is C9H17NO2. The van der Waals surface area contributed by atoms with Crippen LogP contribution in [0.4, 0.5) is 0 Å². The van der Waals surface area contributed by atoms with Crippen LogP contribution in [0.5, 0.6) is 0 Å². The van der Waals surface area contributed by atoms with Gasteiger partial charge in [0.25, 0.3) is 0 Å². The fraction of sp³-hybridized carbons (Fsp3) is 0.889. The van der Waals surface area contributed by atoms with Crippen molar-refractivity contribution in [1.29, 1.82) is 0 Å². The summed E-state index contributed by atoms with van der Waals surface area (Å²) in [5.74, 6) is 0.209. The topological polar surface area (TPSA) is 63.3 Å². The Kier molecular flexibility index (Phi) is 2.42. The molecule has 0 spiro atoms. The lowest BCUT2D eigenvalue weighted by Gasteiger charge is -2.52. The maximum absolute atomic E-state index is 10.6. The van der Waals surface area contributed by atoms with Crippen molar-refractivity contribution >= 4 is 5.97 Å². The number of rotatable bonds is 3. The first kappa shape index (κ1) is 9.52. The zero-order valence-corrected chi connectivity index (χ0v) is 7.71. The quantitative estimate of drug-likeness (QED) is 0.668.